The van der Waals surface area contributed by atoms with Gasteiger partial charge in [-0.15, -0.1) is 0 Å². The average molecular weight is 237 g/mol. The lowest BCUT2D eigenvalue weighted by molar-refractivity contribution is -0.154. The number of hydrogen-bond acceptors (Lipinski definition) is 2. The van der Waals surface area contributed by atoms with Crippen LogP contribution < -0.4 is 0 Å². The van der Waals surface area contributed by atoms with Gasteiger partial charge >= 0.3 is 5.97 Å². The van der Waals surface area contributed by atoms with E-state index >= 15 is 0 Å². The maximum atomic E-state index is 10.9. The molecule has 0 atom stereocenters. The van der Waals surface area contributed by atoms with Crippen molar-refractivity contribution in [3.63, 3.8) is 0 Å². The van der Waals surface area contributed by atoms with E-state index in [9.17, 15) is 4.79 Å². The SMILES string of the molecule is CC(C)CC(C)(C)OC(=O)CBr. The Labute approximate surface area is 82.8 Å². The average Bonchev–Trinajstić information content (AvgIpc) is 1.83. The van der Waals surface area contributed by atoms with E-state index in [0.717, 1.165) is 6.42 Å². The summed E-state index contributed by atoms with van der Waals surface area (Å²) in [6.45, 7) is 8.11. The molecule has 0 aliphatic heterocycles. The molecule has 0 spiro atoms. The van der Waals surface area contributed by atoms with Crippen molar-refractivity contribution in [2.45, 2.75) is 39.7 Å². The Morgan fingerprint density at radius 1 is 1.50 bits per heavy atom. The van der Waals surface area contributed by atoms with Crippen LogP contribution in [0.1, 0.15) is 34.1 Å². The third-order valence-corrected chi connectivity index (χ3v) is 1.86. The summed E-state index contributed by atoms with van der Waals surface area (Å²) in [4.78, 5) is 10.9. The molecular weight excluding hydrogens is 220 g/mol. The minimum absolute atomic E-state index is 0.194. The highest BCUT2D eigenvalue weighted by Gasteiger charge is 2.23. The molecule has 0 amide bonds. The van der Waals surface area contributed by atoms with Crippen molar-refractivity contribution in [3.05, 3.63) is 0 Å². The minimum atomic E-state index is -0.334. The number of ether oxygens (including phenoxy) is 1. The van der Waals surface area contributed by atoms with Gasteiger partial charge in [0.25, 0.3) is 0 Å². The first-order valence-electron chi connectivity index (χ1n) is 4.15. The molecule has 0 N–H and O–H groups in total. The first-order valence-corrected chi connectivity index (χ1v) is 5.27. The second-order valence-electron chi connectivity index (χ2n) is 3.97. The van der Waals surface area contributed by atoms with E-state index in [2.05, 4.69) is 29.8 Å². The third kappa shape index (κ3) is 5.58. The number of alkyl halides is 1. The van der Waals surface area contributed by atoms with Crippen molar-refractivity contribution in [2.24, 2.45) is 5.92 Å². The lowest BCUT2D eigenvalue weighted by Crippen LogP contribution is -2.30. The van der Waals surface area contributed by atoms with Gasteiger partial charge in [0.1, 0.15) is 10.9 Å². The Morgan fingerprint density at radius 3 is 2.33 bits per heavy atom. The normalized spacial score (nSPS) is 11.8. The molecule has 0 radical (unpaired) electrons. The quantitative estimate of drug-likeness (QED) is 0.555. The zero-order valence-electron chi connectivity index (χ0n) is 8.19. The summed E-state index contributed by atoms with van der Waals surface area (Å²) < 4.78 is 5.21. The fraction of sp³-hybridized carbons (Fsp3) is 0.889. The maximum absolute atomic E-state index is 10.9. The van der Waals surface area contributed by atoms with Gasteiger partial charge in [0.05, 0.1) is 0 Å². The largest absolute Gasteiger partial charge is 0.459 e. The van der Waals surface area contributed by atoms with Gasteiger partial charge in [0, 0.05) is 0 Å². The number of carbonyl (C=O) groups is 1. The fourth-order valence-corrected chi connectivity index (χ4v) is 1.47. The van der Waals surface area contributed by atoms with Crippen molar-refractivity contribution in [2.75, 3.05) is 5.33 Å². The smallest absolute Gasteiger partial charge is 0.317 e. The van der Waals surface area contributed by atoms with Crippen LogP contribution in [-0.2, 0) is 9.53 Å². The van der Waals surface area contributed by atoms with Crippen LogP contribution in [-0.4, -0.2) is 16.9 Å². The van der Waals surface area contributed by atoms with Crippen molar-refractivity contribution in [1.29, 1.82) is 0 Å². The molecule has 0 unspecified atom stereocenters. The number of esters is 1. The summed E-state index contributed by atoms with van der Waals surface area (Å²) in [5.41, 5.74) is -0.334. The van der Waals surface area contributed by atoms with Crippen molar-refractivity contribution < 1.29 is 9.53 Å². The van der Waals surface area contributed by atoms with E-state index < -0.39 is 0 Å². The second kappa shape index (κ2) is 4.85. The molecule has 0 aromatic heterocycles. The van der Waals surface area contributed by atoms with Crippen LogP contribution in [0.3, 0.4) is 0 Å². The van der Waals surface area contributed by atoms with Gasteiger partial charge in [0.15, 0.2) is 0 Å². The van der Waals surface area contributed by atoms with Gasteiger partial charge in [0.2, 0.25) is 0 Å². The van der Waals surface area contributed by atoms with E-state index in [0.29, 0.717) is 5.92 Å². The summed E-state index contributed by atoms with van der Waals surface area (Å²) in [7, 11) is 0. The fourth-order valence-electron chi connectivity index (χ4n) is 1.36. The topological polar surface area (TPSA) is 26.3 Å². The predicted octanol–water partition coefficient (Wildman–Crippen LogP) is 2.75. The zero-order chi connectivity index (χ0) is 9.78. The van der Waals surface area contributed by atoms with Gasteiger partial charge < -0.3 is 4.74 Å². The number of halogens is 1. The van der Waals surface area contributed by atoms with Crippen LogP contribution in [0.5, 0.6) is 0 Å². The van der Waals surface area contributed by atoms with Crippen LogP contribution in [0.4, 0.5) is 0 Å². The van der Waals surface area contributed by atoms with Crippen LogP contribution in [0, 0.1) is 5.92 Å². The molecule has 0 saturated carbocycles. The van der Waals surface area contributed by atoms with E-state index in [-0.39, 0.29) is 16.9 Å². The minimum Gasteiger partial charge on any atom is -0.459 e. The Hall–Kier alpha value is -0.0500. The van der Waals surface area contributed by atoms with Crippen molar-refractivity contribution >= 4 is 21.9 Å². The molecule has 0 heterocycles. The summed E-state index contributed by atoms with van der Waals surface area (Å²) in [6, 6.07) is 0. The van der Waals surface area contributed by atoms with E-state index in [1.807, 2.05) is 13.8 Å². The summed E-state index contributed by atoms with van der Waals surface area (Å²) in [5.74, 6) is 0.351. The van der Waals surface area contributed by atoms with E-state index in [1.165, 1.54) is 0 Å². The highest BCUT2D eigenvalue weighted by atomic mass is 79.9. The molecular formula is C9H17BrO2. The predicted molar refractivity (Wildman–Crippen MR) is 53.4 cm³/mol. The van der Waals surface area contributed by atoms with Gasteiger partial charge in [-0.2, -0.15) is 0 Å². The summed E-state index contributed by atoms with van der Waals surface area (Å²) in [6.07, 6.45) is 0.895. The third-order valence-electron chi connectivity index (χ3n) is 1.40. The van der Waals surface area contributed by atoms with Crippen LogP contribution in [0.2, 0.25) is 0 Å². The maximum Gasteiger partial charge on any atom is 0.317 e. The number of hydrogen-bond donors (Lipinski definition) is 0. The molecule has 0 saturated heterocycles. The first-order chi connectivity index (χ1) is 5.37. The summed E-state index contributed by atoms with van der Waals surface area (Å²) >= 11 is 3.06. The van der Waals surface area contributed by atoms with Gasteiger partial charge in [-0.3, -0.25) is 4.79 Å². The molecule has 3 heteroatoms. The highest BCUT2D eigenvalue weighted by molar-refractivity contribution is 9.09. The van der Waals surface area contributed by atoms with Crippen molar-refractivity contribution in [3.8, 4) is 0 Å². The Morgan fingerprint density at radius 2 is 2.00 bits per heavy atom. The monoisotopic (exact) mass is 236 g/mol. The molecule has 72 valence electrons. The molecule has 0 fully saturated rings. The second-order valence-corrected chi connectivity index (χ2v) is 4.53. The van der Waals surface area contributed by atoms with E-state index in [1.54, 1.807) is 0 Å². The molecule has 0 aliphatic rings. The number of carbonyl (C=O) groups excluding carboxylic acids is 1. The van der Waals surface area contributed by atoms with Gasteiger partial charge in [-0.05, 0) is 26.2 Å². The first kappa shape index (κ1) is 11.9. The molecule has 2 nitrogen and oxygen atoms in total. The van der Waals surface area contributed by atoms with Gasteiger partial charge in [-0.1, -0.05) is 29.8 Å². The lowest BCUT2D eigenvalue weighted by Gasteiger charge is -2.26. The standard InChI is InChI=1S/C9H17BrO2/c1-7(2)5-9(3,4)12-8(11)6-10/h7H,5-6H2,1-4H3. The van der Waals surface area contributed by atoms with Crippen LogP contribution in [0.25, 0.3) is 0 Å². The Bertz CT molecular complexity index is 153. The lowest BCUT2D eigenvalue weighted by atomic mass is 9.96. The van der Waals surface area contributed by atoms with Crippen LogP contribution >= 0.6 is 15.9 Å². The van der Waals surface area contributed by atoms with Gasteiger partial charge in [-0.25, -0.2) is 0 Å². The Kier molecular flexibility index (Phi) is 4.83. The summed E-state index contributed by atoms with van der Waals surface area (Å²) in [5, 5.41) is 0.272. The van der Waals surface area contributed by atoms with E-state index in [4.69, 9.17) is 4.74 Å². The highest BCUT2D eigenvalue weighted by Crippen LogP contribution is 2.20. The zero-order valence-corrected chi connectivity index (χ0v) is 9.77. The van der Waals surface area contributed by atoms with Crippen molar-refractivity contribution in [1.82, 2.24) is 0 Å². The Balaban J connectivity index is 3.94. The molecule has 0 aliphatic carbocycles. The molecule has 0 rings (SSSR count). The van der Waals surface area contributed by atoms with Crippen LogP contribution in [0.15, 0.2) is 0 Å². The number of rotatable bonds is 4. The molecule has 12 heavy (non-hydrogen) atoms. The molecule has 0 bridgehead atoms. The molecule has 0 aromatic carbocycles. The molecule has 0 aromatic rings.